The van der Waals surface area contributed by atoms with Crippen LogP contribution in [0.1, 0.15) is 13.8 Å². The van der Waals surface area contributed by atoms with E-state index < -0.39 is 0 Å². The van der Waals surface area contributed by atoms with Crippen LogP contribution in [0.25, 0.3) is 0 Å². The van der Waals surface area contributed by atoms with Gasteiger partial charge in [-0.15, -0.1) is 5.41 Å². The van der Waals surface area contributed by atoms with Crippen LogP contribution in [-0.4, -0.2) is 11.7 Å². The molecule has 0 rings (SSSR count). The zero-order valence-corrected chi connectivity index (χ0v) is 7.70. The van der Waals surface area contributed by atoms with E-state index in [0.717, 1.165) is 0 Å². The first-order valence-electron chi connectivity index (χ1n) is 2.02. The Kier molecular flexibility index (Phi) is 5.49. The van der Waals surface area contributed by atoms with Crippen molar-refractivity contribution in [3.63, 3.8) is 0 Å². The second-order valence-corrected chi connectivity index (χ2v) is 2.32. The normalized spacial score (nSPS) is 10.3. The van der Waals surface area contributed by atoms with Gasteiger partial charge in [-0.1, -0.05) is 13.8 Å². The Bertz CT molecular complexity index is 37.8. The third kappa shape index (κ3) is 10.8. The van der Waals surface area contributed by atoms with E-state index in [1.807, 2.05) is 13.8 Å². The minimum atomic E-state index is -0.153. The number of hydrogen-bond donors (Lipinski definition) is 1. The molecule has 0 fully saturated rings. The molecule has 0 atom stereocenters. The molecular formula is C5H11OW-. The molecule has 0 saturated carbocycles. The molecule has 0 aromatic carbocycles. The van der Waals surface area contributed by atoms with Gasteiger partial charge in [-0.2, -0.15) is 0 Å². The molecule has 0 aromatic heterocycles. The summed E-state index contributed by atoms with van der Waals surface area (Å²) in [4.78, 5) is 0. The predicted molar refractivity (Wildman–Crippen MR) is 26.2 cm³/mol. The smallest absolute Gasteiger partial charge is 0.0208 e. The largest absolute Gasteiger partial charge is 0.399 e. The summed E-state index contributed by atoms with van der Waals surface area (Å²) < 4.78 is 0. The van der Waals surface area contributed by atoms with E-state index in [-0.39, 0.29) is 33.1 Å². The van der Waals surface area contributed by atoms with Crippen LogP contribution >= 0.6 is 0 Å². The van der Waals surface area contributed by atoms with E-state index in [1.54, 1.807) is 0 Å². The predicted octanol–water partition coefficient (Wildman–Crippen LogP) is 0.836. The Hall–Kier alpha value is 0.648. The first kappa shape index (κ1) is 10.6. The second-order valence-electron chi connectivity index (χ2n) is 2.32. The third-order valence-corrected chi connectivity index (χ3v) is 0.428. The molecular weight excluding hydrogens is 260 g/mol. The van der Waals surface area contributed by atoms with Gasteiger partial charge < -0.3 is 12.0 Å². The molecule has 0 aliphatic rings. The van der Waals surface area contributed by atoms with E-state index in [0.29, 0.717) is 0 Å². The fourth-order valence-electron chi connectivity index (χ4n) is 0. The fourth-order valence-corrected chi connectivity index (χ4v) is 0. The van der Waals surface area contributed by atoms with Crippen molar-refractivity contribution in [3.05, 3.63) is 6.92 Å². The van der Waals surface area contributed by atoms with Gasteiger partial charge in [0.05, 0.1) is 0 Å². The molecule has 1 nitrogen and oxygen atoms in total. The summed E-state index contributed by atoms with van der Waals surface area (Å²) >= 11 is 0. The zero-order valence-electron chi connectivity index (χ0n) is 4.77. The summed E-state index contributed by atoms with van der Waals surface area (Å²) in [5.74, 6) is 0. The molecule has 0 unspecified atom stereocenters. The molecule has 0 aliphatic carbocycles. The van der Waals surface area contributed by atoms with Crippen molar-refractivity contribution in [2.45, 2.75) is 13.8 Å². The average Bonchev–Trinajstić information content (AvgIpc) is 1.35. The quantitative estimate of drug-likeness (QED) is 0.700. The van der Waals surface area contributed by atoms with Gasteiger partial charge in [0.2, 0.25) is 0 Å². The molecule has 0 amide bonds. The van der Waals surface area contributed by atoms with Crippen molar-refractivity contribution < 1.29 is 26.2 Å². The van der Waals surface area contributed by atoms with Gasteiger partial charge in [0.1, 0.15) is 0 Å². The molecule has 7 heavy (non-hydrogen) atoms. The van der Waals surface area contributed by atoms with Crippen LogP contribution in [0.5, 0.6) is 0 Å². The minimum Gasteiger partial charge on any atom is -0.399 e. The third-order valence-electron chi connectivity index (χ3n) is 0.428. The fraction of sp³-hybridized carbons (Fsp3) is 0.800. The van der Waals surface area contributed by atoms with E-state index in [1.165, 1.54) is 0 Å². The maximum Gasteiger partial charge on any atom is 0.0208 e. The van der Waals surface area contributed by atoms with E-state index >= 15 is 0 Å². The summed E-state index contributed by atoms with van der Waals surface area (Å²) in [6.07, 6.45) is 0. The van der Waals surface area contributed by atoms with Gasteiger partial charge in [0.25, 0.3) is 0 Å². The van der Waals surface area contributed by atoms with Crippen LogP contribution in [-0.2, 0) is 21.1 Å². The van der Waals surface area contributed by atoms with Crippen LogP contribution in [0.15, 0.2) is 0 Å². The first-order valence-corrected chi connectivity index (χ1v) is 2.02. The van der Waals surface area contributed by atoms with Crippen molar-refractivity contribution >= 4 is 0 Å². The molecule has 1 N–H and O–H groups in total. The molecule has 0 spiro atoms. The van der Waals surface area contributed by atoms with E-state index in [9.17, 15) is 0 Å². The molecule has 0 heterocycles. The van der Waals surface area contributed by atoms with Crippen LogP contribution in [0, 0.1) is 12.3 Å². The molecule has 2 heteroatoms. The van der Waals surface area contributed by atoms with E-state index in [4.69, 9.17) is 5.11 Å². The Morgan fingerprint density at radius 3 is 1.71 bits per heavy atom. The Labute approximate surface area is 59.4 Å². The Morgan fingerprint density at radius 2 is 1.71 bits per heavy atom. The molecule has 44 valence electrons. The first-order chi connectivity index (χ1) is 2.56. The van der Waals surface area contributed by atoms with Crippen LogP contribution in [0.2, 0.25) is 0 Å². The zero-order chi connectivity index (χ0) is 5.21. The summed E-state index contributed by atoms with van der Waals surface area (Å²) in [6.45, 7) is 7.56. The van der Waals surface area contributed by atoms with Crippen molar-refractivity contribution in [1.29, 1.82) is 0 Å². The van der Waals surface area contributed by atoms with Gasteiger partial charge in [-0.25, -0.2) is 0 Å². The average molecular weight is 271 g/mol. The van der Waals surface area contributed by atoms with Gasteiger partial charge in [-0.3, -0.25) is 0 Å². The molecule has 0 aliphatic heterocycles. The number of rotatable bonds is 1. The van der Waals surface area contributed by atoms with Gasteiger partial charge in [0.15, 0.2) is 0 Å². The Morgan fingerprint density at radius 1 is 1.57 bits per heavy atom. The standard InChI is InChI=1S/C5H11O.W/c1-5(2,3)4-6;/h6H,1,4H2,2-3H3;/q-1;. The van der Waals surface area contributed by atoms with Crippen molar-refractivity contribution in [1.82, 2.24) is 0 Å². The number of aliphatic hydroxyl groups excluding tert-OH is 1. The molecule has 0 saturated heterocycles. The van der Waals surface area contributed by atoms with Gasteiger partial charge in [-0.05, 0) is 0 Å². The van der Waals surface area contributed by atoms with Crippen LogP contribution in [0.3, 0.4) is 0 Å². The van der Waals surface area contributed by atoms with Crippen molar-refractivity contribution in [2.24, 2.45) is 5.41 Å². The van der Waals surface area contributed by atoms with Gasteiger partial charge in [0, 0.05) is 27.7 Å². The van der Waals surface area contributed by atoms with Crippen LogP contribution < -0.4 is 0 Å². The van der Waals surface area contributed by atoms with E-state index in [2.05, 4.69) is 6.92 Å². The minimum absolute atomic E-state index is 0. The molecule has 0 aromatic rings. The summed E-state index contributed by atoms with van der Waals surface area (Å²) in [7, 11) is 0. The number of hydrogen-bond acceptors (Lipinski definition) is 1. The SMILES string of the molecule is [CH2-]C(C)(C)CO.[W]. The van der Waals surface area contributed by atoms with Crippen LogP contribution in [0.4, 0.5) is 0 Å². The van der Waals surface area contributed by atoms with Gasteiger partial charge >= 0.3 is 0 Å². The monoisotopic (exact) mass is 271 g/mol. The topological polar surface area (TPSA) is 20.2 Å². The number of aliphatic hydroxyl groups is 1. The summed E-state index contributed by atoms with van der Waals surface area (Å²) in [6, 6.07) is 0. The van der Waals surface area contributed by atoms with Crippen molar-refractivity contribution in [3.8, 4) is 0 Å². The molecule has 0 bridgehead atoms. The maximum atomic E-state index is 8.34. The second kappa shape index (κ2) is 3.63. The maximum absolute atomic E-state index is 8.34. The summed E-state index contributed by atoms with van der Waals surface area (Å²) in [5, 5.41) is 8.34. The Balaban J connectivity index is 0. The molecule has 0 radical (unpaired) electrons. The summed E-state index contributed by atoms with van der Waals surface area (Å²) in [5.41, 5.74) is -0.153. The van der Waals surface area contributed by atoms with Crippen molar-refractivity contribution in [2.75, 3.05) is 6.61 Å².